The van der Waals surface area contributed by atoms with Gasteiger partial charge in [-0.05, 0) is 79.8 Å². The first-order chi connectivity index (χ1) is 18.6. The Kier molecular flexibility index (Phi) is 7.01. The summed E-state index contributed by atoms with van der Waals surface area (Å²) in [5.74, 6) is 0.688. The van der Waals surface area contributed by atoms with Crippen molar-refractivity contribution in [1.29, 1.82) is 0 Å². The number of Topliss-reactive ketones (excluding diaryl/α,β-unsaturated/α-hetero) is 1. The fourth-order valence-corrected chi connectivity index (χ4v) is 5.01. The molecule has 3 aromatic rings. The van der Waals surface area contributed by atoms with Crippen molar-refractivity contribution in [1.82, 2.24) is 4.90 Å². The minimum absolute atomic E-state index is 0.0167. The summed E-state index contributed by atoms with van der Waals surface area (Å²) in [4.78, 5) is 27.8. The Bertz CT molecular complexity index is 1390. The molecule has 1 heterocycles. The normalized spacial score (nSPS) is 15.1. The molecule has 9 heteroatoms. The second-order valence-corrected chi connectivity index (χ2v) is 9.68. The summed E-state index contributed by atoms with van der Waals surface area (Å²) in [6.45, 7) is 4.98. The summed E-state index contributed by atoms with van der Waals surface area (Å²) in [7, 11) is 0. The first-order valence-corrected chi connectivity index (χ1v) is 12.9. The van der Waals surface area contributed by atoms with E-state index in [1.54, 1.807) is 41.3 Å². The molecule has 0 aromatic heterocycles. The van der Waals surface area contributed by atoms with Gasteiger partial charge in [0, 0.05) is 30.6 Å². The van der Waals surface area contributed by atoms with E-state index >= 15 is 0 Å². The number of ketones is 1. The van der Waals surface area contributed by atoms with Crippen LogP contribution in [0.25, 0.3) is 11.1 Å². The molecular formula is C30H28F3NO5. The van der Waals surface area contributed by atoms with Crippen LogP contribution in [-0.4, -0.2) is 42.8 Å². The minimum atomic E-state index is -4.89. The standard InChI is InChI=1S/C30H28F3NO5/c1-3-34(4-2)28(36)21-8-6-20(7-9-21)23-15-19(5-11-24(23)39-30(31,32)33)16-27(35)29(13-14-29)22-10-12-25-26(17-22)38-18-37-25/h5-12,15,17H,3-4,13-14,16,18H2,1-2H3. The number of nitrogens with zero attached hydrogens (tertiary/aromatic N) is 1. The van der Waals surface area contributed by atoms with Crippen LogP contribution < -0.4 is 14.2 Å². The average molecular weight is 540 g/mol. The number of halogens is 3. The van der Waals surface area contributed by atoms with Gasteiger partial charge >= 0.3 is 6.36 Å². The maximum absolute atomic E-state index is 13.5. The molecule has 0 N–H and O–H groups in total. The van der Waals surface area contributed by atoms with E-state index in [1.807, 2.05) is 26.0 Å². The molecule has 5 rings (SSSR count). The summed E-state index contributed by atoms with van der Waals surface area (Å²) in [5.41, 5.74) is 1.84. The lowest BCUT2D eigenvalue weighted by molar-refractivity contribution is -0.274. The van der Waals surface area contributed by atoms with Gasteiger partial charge < -0.3 is 19.1 Å². The highest BCUT2D eigenvalue weighted by Gasteiger charge is 2.50. The third-order valence-corrected chi connectivity index (χ3v) is 7.34. The topological polar surface area (TPSA) is 65.1 Å². The first-order valence-electron chi connectivity index (χ1n) is 12.9. The molecule has 1 amide bonds. The second-order valence-electron chi connectivity index (χ2n) is 9.68. The molecule has 1 fully saturated rings. The summed E-state index contributed by atoms with van der Waals surface area (Å²) in [6, 6.07) is 16.1. The summed E-state index contributed by atoms with van der Waals surface area (Å²) >= 11 is 0. The van der Waals surface area contributed by atoms with Crippen LogP contribution in [-0.2, 0) is 16.6 Å². The van der Waals surface area contributed by atoms with Gasteiger partial charge in [0.15, 0.2) is 11.5 Å². The molecule has 204 valence electrons. The van der Waals surface area contributed by atoms with Crippen molar-refractivity contribution in [2.24, 2.45) is 0 Å². The van der Waals surface area contributed by atoms with E-state index in [-0.39, 0.29) is 36.2 Å². The van der Waals surface area contributed by atoms with E-state index < -0.39 is 11.8 Å². The molecule has 0 spiro atoms. The zero-order chi connectivity index (χ0) is 27.8. The average Bonchev–Trinajstić information content (AvgIpc) is 3.60. The van der Waals surface area contributed by atoms with E-state index in [4.69, 9.17) is 9.47 Å². The molecule has 0 atom stereocenters. The summed E-state index contributed by atoms with van der Waals surface area (Å²) in [5, 5.41) is 0. The van der Waals surface area contributed by atoms with Crippen LogP contribution in [0.1, 0.15) is 48.2 Å². The van der Waals surface area contributed by atoms with Crippen LogP contribution in [0.5, 0.6) is 17.2 Å². The highest BCUT2D eigenvalue weighted by Crippen LogP contribution is 2.51. The number of carbonyl (C=O) groups is 2. The summed E-state index contributed by atoms with van der Waals surface area (Å²) < 4.78 is 54.7. The Labute approximate surface area is 224 Å². The number of alkyl halides is 3. The van der Waals surface area contributed by atoms with Crippen molar-refractivity contribution in [2.45, 2.75) is 44.9 Å². The lowest BCUT2D eigenvalue weighted by Crippen LogP contribution is -2.30. The Hall–Kier alpha value is -4.01. The molecule has 39 heavy (non-hydrogen) atoms. The van der Waals surface area contributed by atoms with Gasteiger partial charge in [-0.25, -0.2) is 0 Å². The van der Waals surface area contributed by atoms with Gasteiger partial charge in [0.05, 0.1) is 5.41 Å². The van der Waals surface area contributed by atoms with Crippen LogP contribution in [0.15, 0.2) is 60.7 Å². The fourth-order valence-electron chi connectivity index (χ4n) is 5.01. The SMILES string of the molecule is CCN(CC)C(=O)c1ccc(-c2cc(CC(=O)C3(c4ccc5c(c4)OCO5)CC3)ccc2OC(F)(F)F)cc1. The molecule has 1 saturated carbocycles. The molecule has 3 aromatic carbocycles. The number of amides is 1. The van der Waals surface area contributed by atoms with Gasteiger partial charge in [0.1, 0.15) is 11.5 Å². The Morgan fingerprint density at radius 2 is 1.62 bits per heavy atom. The zero-order valence-corrected chi connectivity index (χ0v) is 21.6. The van der Waals surface area contributed by atoms with Gasteiger partial charge in [0.25, 0.3) is 5.91 Å². The van der Waals surface area contributed by atoms with Gasteiger partial charge in [0.2, 0.25) is 6.79 Å². The highest BCUT2D eigenvalue weighted by atomic mass is 19.4. The Morgan fingerprint density at radius 3 is 2.26 bits per heavy atom. The third-order valence-electron chi connectivity index (χ3n) is 7.34. The minimum Gasteiger partial charge on any atom is -0.454 e. The Balaban J connectivity index is 1.42. The van der Waals surface area contributed by atoms with Gasteiger partial charge in [-0.2, -0.15) is 0 Å². The number of hydrogen-bond acceptors (Lipinski definition) is 5. The lowest BCUT2D eigenvalue weighted by Gasteiger charge is -2.19. The van der Waals surface area contributed by atoms with Crippen LogP contribution in [0.4, 0.5) is 13.2 Å². The molecule has 2 aliphatic rings. The zero-order valence-electron chi connectivity index (χ0n) is 21.6. The number of ether oxygens (including phenoxy) is 3. The van der Waals surface area contributed by atoms with Gasteiger partial charge in [-0.15, -0.1) is 13.2 Å². The molecule has 0 bridgehead atoms. The van der Waals surface area contributed by atoms with Crippen molar-refractivity contribution in [3.8, 4) is 28.4 Å². The number of carbonyl (C=O) groups excluding carboxylic acids is 2. The fraction of sp³-hybridized carbons (Fsp3) is 0.333. The van der Waals surface area contributed by atoms with Crippen molar-refractivity contribution < 1.29 is 37.0 Å². The molecule has 6 nitrogen and oxygen atoms in total. The molecule has 0 saturated heterocycles. The van der Waals surface area contributed by atoms with Crippen LogP contribution >= 0.6 is 0 Å². The molecule has 0 unspecified atom stereocenters. The largest absolute Gasteiger partial charge is 0.573 e. The lowest BCUT2D eigenvalue weighted by atomic mass is 9.87. The number of hydrogen-bond donors (Lipinski definition) is 0. The van der Waals surface area contributed by atoms with Crippen molar-refractivity contribution in [3.05, 3.63) is 77.4 Å². The van der Waals surface area contributed by atoms with Crippen molar-refractivity contribution in [2.75, 3.05) is 19.9 Å². The van der Waals surface area contributed by atoms with Gasteiger partial charge in [-0.3, -0.25) is 9.59 Å². The maximum atomic E-state index is 13.5. The predicted octanol–water partition coefficient (Wildman–Crippen LogP) is 6.31. The van der Waals surface area contributed by atoms with Gasteiger partial charge in [-0.1, -0.05) is 24.3 Å². The third kappa shape index (κ3) is 5.44. The quantitative estimate of drug-likeness (QED) is 0.319. The monoisotopic (exact) mass is 539 g/mol. The molecule has 1 aliphatic carbocycles. The highest BCUT2D eigenvalue weighted by molar-refractivity contribution is 5.96. The van der Waals surface area contributed by atoms with Crippen LogP contribution in [0.3, 0.4) is 0 Å². The predicted molar refractivity (Wildman–Crippen MR) is 138 cm³/mol. The number of rotatable bonds is 9. The van der Waals surface area contributed by atoms with E-state index in [0.29, 0.717) is 54.1 Å². The van der Waals surface area contributed by atoms with E-state index in [1.165, 1.54) is 12.1 Å². The van der Waals surface area contributed by atoms with E-state index in [2.05, 4.69) is 4.74 Å². The van der Waals surface area contributed by atoms with Crippen LogP contribution in [0, 0.1) is 0 Å². The van der Waals surface area contributed by atoms with Crippen molar-refractivity contribution in [3.63, 3.8) is 0 Å². The number of fused-ring (bicyclic) bond motifs is 1. The second kappa shape index (κ2) is 10.3. The van der Waals surface area contributed by atoms with E-state index in [9.17, 15) is 22.8 Å². The molecule has 0 radical (unpaired) electrons. The first kappa shape index (κ1) is 26.6. The van der Waals surface area contributed by atoms with Crippen molar-refractivity contribution >= 4 is 11.7 Å². The summed E-state index contributed by atoms with van der Waals surface area (Å²) in [6.07, 6.45) is -3.46. The maximum Gasteiger partial charge on any atom is 0.573 e. The van der Waals surface area contributed by atoms with E-state index in [0.717, 1.165) is 5.56 Å². The smallest absolute Gasteiger partial charge is 0.454 e. The van der Waals surface area contributed by atoms with Crippen LogP contribution in [0.2, 0.25) is 0 Å². The molecule has 1 aliphatic heterocycles. The Morgan fingerprint density at radius 1 is 0.923 bits per heavy atom. The number of benzene rings is 3. The molecular weight excluding hydrogens is 511 g/mol.